The first-order chi connectivity index (χ1) is 15.3. The van der Waals surface area contributed by atoms with Gasteiger partial charge in [-0.3, -0.25) is 0 Å². The zero-order valence-electron chi connectivity index (χ0n) is 19.5. The predicted octanol–water partition coefficient (Wildman–Crippen LogP) is 5.13. The van der Waals surface area contributed by atoms with E-state index in [1.165, 1.54) is 22.3 Å². The molecule has 0 aromatic heterocycles. The number of fused-ring (bicyclic) bond motifs is 3. The summed E-state index contributed by atoms with van der Waals surface area (Å²) in [4.78, 5) is 0. The summed E-state index contributed by atoms with van der Waals surface area (Å²) < 4.78 is 22.9. The number of hydrogen-bond acceptors (Lipinski definition) is 4. The largest absolute Gasteiger partial charge is 0.491 e. The van der Waals surface area contributed by atoms with Crippen LogP contribution in [-0.2, 0) is 25.0 Å². The maximum Gasteiger partial charge on any atom is 0.127 e. The Labute approximate surface area is 190 Å². The van der Waals surface area contributed by atoms with Gasteiger partial charge in [-0.05, 0) is 70.2 Å². The third-order valence-electron chi connectivity index (χ3n) is 7.67. The fourth-order valence-electron chi connectivity index (χ4n) is 6.18. The lowest BCUT2D eigenvalue weighted by atomic mass is 9.71. The van der Waals surface area contributed by atoms with Crippen LogP contribution in [0, 0.1) is 5.41 Å². The van der Waals surface area contributed by atoms with Crippen LogP contribution in [0.5, 0.6) is 5.75 Å². The second kappa shape index (κ2) is 6.87. The van der Waals surface area contributed by atoms with Crippen molar-refractivity contribution in [2.75, 3.05) is 26.4 Å². The Bertz CT molecular complexity index is 1090. The van der Waals surface area contributed by atoms with Gasteiger partial charge in [0.15, 0.2) is 0 Å². The van der Waals surface area contributed by atoms with Gasteiger partial charge in [0.05, 0.1) is 13.2 Å². The lowest BCUT2D eigenvalue weighted by Gasteiger charge is -2.32. The number of epoxide rings is 2. The van der Waals surface area contributed by atoms with Crippen LogP contribution in [0.4, 0.5) is 0 Å². The molecule has 2 saturated heterocycles. The summed E-state index contributed by atoms with van der Waals surface area (Å²) in [7, 11) is 0. The molecule has 1 aromatic carbocycles. The van der Waals surface area contributed by atoms with Crippen LogP contribution in [-0.4, -0.2) is 38.6 Å². The van der Waals surface area contributed by atoms with Crippen LogP contribution in [0.1, 0.15) is 51.7 Å². The fraction of sp³-hybridized carbons (Fsp3) is 0.536. The van der Waals surface area contributed by atoms with Gasteiger partial charge in [-0.1, -0.05) is 33.8 Å². The highest BCUT2D eigenvalue weighted by atomic mass is 16.6. The Balaban J connectivity index is 1.44. The van der Waals surface area contributed by atoms with Gasteiger partial charge in [-0.15, -0.1) is 5.73 Å². The normalized spacial score (nSPS) is 32.4. The monoisotopic (exact) mass is 432 g/mol. The molecule has 2 fully saturated rings. The van der Waals surface area contributed by atoms with Crippen LogP contribution in [0.3, 0.4) is 0 Å². The van der Waals surface area contributed by atoms with Crippen molar-refractivity contribution in [1.29, 1.82) is 0 Å². The molecule has 1 aromatic rings. The highest BCUT2D eigenvalue weighted by Gasteiger charge is 2.56. The highest BCUT2D eigenvalue weighted by molar-refractivity contribution is 5.63. The van der Waals surface area contributed by atoms with Gasteiger partial charge >= 0.3 is 0 Å². The van der Waals surface area contributed by atoms with Crippen LogP contribution in [0.2, 0.25) is 0 Å². The molecule has 1 spiro atoms. The molecule has 0 amide bonds. The van der Waals surface area contributed by atoms with E-state index >= 15 is 0 Å². The Morgan fingerprint density at radius 2 is 1.56 bits per heavy atom. The van der Waals surface area contributed by atoms with E-state index in [0.29, 0.717) is 13.2 Å². The summed E-state index contributed by atoms with van der Waals surface area (Å²) in [6.07, 6.45) is 9.07. The molecule has 2 heterocycles. The molecule has 0 N–H and O–H groups in total. The van der Waals surface area contributed by atoms with Crippen molar-refractivity contribution in [3.05, 3.63) is 70.2 Å². The van der Waals surface area contributed by atoms with E-state index in [2.05, 4.69) is 63.8 Å². The Morgan fingerprint density at radius 3 is 2.28 bits per heavy atom. The molecular formula is C28H32O4. The lowest BCUT2D eigenvalue weighted by molar-refractivity contribution is 0.192. The zero-order valence-corrected chi connectivity index (χ0v) is 19.5. The molecule has 3 atom stereocenters. The molecule has 32 heavy (non-hydrogen) atoms. The topological polar surface area (TPSA) is 43.5 Å². The summed E-state index contributed by atoms with van der Waals surface area (Å²) >= 11 is 0. The van der Waals surface area contributed by atoms with E-state index in [9.17, 15) is 0 Å². The molecule has 168 valence electrons. The molecule has 6 rings (SSSR count). The molecule has 3 unspecified atom stereocenters. The Kier molecular flexibility index (Phi) is 4.37. The first-order valence-electron chi connectivity index (χ1n) is 11.8. The number of hydrogen-bond donors (Lipinski definition) is 0. The van der Waals surface area contributed by atoms with Gasteiger partial charge in [-0.25, -0.2) is 0 Å². The quantitative estimate of drug-likeness (QED) is 0.462. The van der Waals surface area contributed by atoms with Gasteiger partial charge in [-0.2, -0.15) is 0 Å². The maximum absolute atomic E-state index is 6.13. The fourth-order valence-corrected chi connectivity index (χ4v) is 6.18. The second-order valence-corrected chi connectivity index (χ2v) is 11.3. The van der Waals surface area contributed by atoms with Crippen molar-refractivity contribution in [3.8, 4) is 5.75 Å². The van der Waals surface area contributed by atoms with E-state index in [1.54, 1.807) is 0 Å². The third kappa shape index (κ3) is 3.37. The van der Waals surface area contributed by atoms with Crippen molar-refractivity contribution in [3.63, 3.8) is 0 Å². The predicted molar refractivity (Wildman–Crippen MR) is 123 cm³/mol. The molecule has 0 saturated carbocycles. The lowest BCUT2D eigenvalue weighted by Crippen LogP contribution is -2.27. The molecule has 4 heteroatoms. The molecule has 2 aliphatic heterocycles. The van der Waals surface area contributed by atoms with Gasteiger partial charge in [0.2, 0.25) is 0 Å². The minimum absolute atomic E-state index is 0.0537. The van der Waals surface area contributed by atoms with E-state index < -0.39 is 0 Å². The van der Waals surface area contributed by atoms with E-state index in [0.717, 1.165) is 37.6 Å². The second-order valence-electron chi connectivity index (χ2n) is 11.3. The van der Waals surface area contributed by atoms with Crippen LogP contribution < -0.4 is 4.74 Å². The standard InChI is InChI=1S/C28H32O4/c1-26(2)16-28(24-10-18(6-5-7-22(24)26)29-12-20-14-31-20)17-27(3,4)23-9-8-19(11-25(23)28)30-13-21-15-32-21/h6-11,20-21H,12-17H2,1-4H3. The van der Waals surface area contributed by atoms with Crippen molar-refractivity contribution in [1.82, 2.24) is 0 Å². The first-order valence-corrected chi connectivity index (χ1v) is 11.8. The Hall–Kier alpha value is -2.26. The molecule has 3 aliphatic carbocycles. The van der Waals surface area contributed by atoms with E-state index in [-0.39, 0.29) is 28.5 Å². The smallest absolute Gasteiger partial charge is 0.127 e. The average molecular weight is 433 g/mol. The molecule has 4 nitrogen and oxygen atoms in total. The van der Waals surface area contributed by atoms with Crippen molar-refractivity contribution in [2.45, 2.75) is 63.6 Å². The van der Waals surface area contributed by atoms with Crippen molar-refractivity contribution >= 4 is 0 Å². The summed E-state index contributed by atoms with van der Waals surface area (Å²) in [5.74, 6) is 1.82. The minimum Gasteiger partial charge on any atom is -0.491 e. The maximum atomic E-state index is 6.13. The Morgan fingerprint density at radius 1 is 0.875 bits per heavy atom. The SMILES string of the molecule is CC1(C)CC2(CC(C)(C)c3ccc(OCC4CO4)cc32)C2=C1C=C=CC(OCC1CO1)=C2. The van der Waals surface area contributed by atoms with Gasteiger partial charge < -0.3 is 18.9 Å². The van der Waals surface area contributed by atoms with E-state index in [1.807, 2.05) is 6.08 Å². The molecule has 0 radical (unpaired) electrons. The van der Waals surface area contributed by atoms with Gasteiger partial charge in [0.25, 0.3) is 0 Å². The van der Waals surface area contributed by atoms with Gasteiger partial charge in [0.1, 0.15) is 36.9 Å². The number of benzene rings is 1. The third-order valence-corrected chi connectivity index (χ3v) is 7.67. The summed E-state index contributed by atoms with van der Waals surface area (Å²) in [5, 5.41) is 0. The highest BCUT2D eigenvalue weighted by Crippen LogP contribution is 2.64. The summed E-state index contributed by atoms with van der Waals surface area (Å²) in [5.41, 5.74) is 9.06. The number of rotatable bonds is 6. The van der Waals surface area contributed by atoms with Crippen LogP contribution in [0.15, 0.2) is 59.1 Å². The summed E-state index contributed by atoms with van der Waals surface area (Å²) in [6, 6.07) is 6.72. The number of ether oxygens (including phenoxy) is 4. The summed E-state index contributed by atoms with van der Waals surface area (Å²) in [6.45, 7) is 12.3. The van der Waals surface area contributed by atoms with E-state index in [4.69, 9.17) is 18.9 Å². The number of allylic oxidation sites excluding steroid dienone is 4. The van der Waals surface area contributed by atoms with Crippen molar-refractivity contribution < 1.29 is 18.9 Å². The first kappa shape index (κ1) is 20.4. The minimum atomic E-state index is -0.0613. The molecule has 5 aliphatic rings. The average Bonchev–Trinajstić information content (AvgIpc) is 3.63. The van der Waals surface area contributed by atoms with Crippen molar-refractivity contribution in [2.24, 2.45) is 5.41 Å². The molecule has 0 bridgehead atoms. The van der Waals surface area contributed by atoms with Crippen LogP contribution >= 0.6 is 0 Å². The van der Waals surface area contributed by atoms with Gasteiger partial charge in [0, 0.05) is 11.5 Å². The molecular weight excluding hydrogens is 400 g/mol. The zero-order chi connectivity index (χ0) is 22.1. The van der Waals surface area contributed by atoms with Crippen LogP contribution in [0.25, 0.3) is 0 Å².